The fourth-order valence-electron chi connectivity index (χ4n) is 5.23. The normalized spacial score (nSPS) is 15.0. The van der Waals surface area contributed by atoms with Gasteiger partial charge < -0.3 is 24.6 Å². The van der Waals surface area contributed by atoms with Crippen LogP contribution in [0.5, 0.6) is 23.0 Å². The number of phenols is 2. The average Bonchev–Trinajstić information content (AvgIpc) is 3.00. The molecule has 246 valence electrons. The minimum absolute atomic E-state index is 0.126. The van der Waals surface area contributed by atoms with Crippen molar-refractivity contribution in [3.05, 3.63) is 72.3 Å². The van der Waals surface area contributed by atoms with Gasteiger partial charge in [0, 0.05) is 24.2 Å². The van der Waals surface area contributed by atoms with Gasteiger partial charge in [-0.05, 0) is 72.7 Å². The Labute approximate surface area is 265 Å². The molecule has 0 aromatic heterocycles. The van der Waals surface area contributed by atoms with Crippen LogP contribution in [-0.4, -0.2) is 47.0 Å². The van der Waals surface area contributed by atoms with Crippen molar-refractivity contribution in [3.8, 4) is 23.0 Å². The Hall–Kier alpha value is -3.34. The number of nitrogens with zero attached hydrogens (tertiary/aromatic N) is 1. The van der Waals surface area contributed by atoms with E-state index in [1.165, 1.54) is 11.8 Å². The zero-order valence-electron chi connectivity index (χ0n) is 25.1. The fourth-order valence-corrected chi connectivity index (χ4v) is 6.19. The second-order valence-electron chi connectivity index (χ2n) is 11.2. The van der Waals surface area contributed by atoms with E-state index in [0.717, 1.165) is 73.4 Å². The van der Waals surface area contributed by atoms with E-state index in [0.29, 0.717) is 24.7 Å². The number of ether oxygens (including phenoxy) is 2. The molecule has 3 aromatic carbocycles. The van der Waals surface area contributed by atoms with Crippen LogP contribution in [0.15, 0.2) is 66.7 Å². The molecule has 0 unspecified atom stereocenters. The molecule has 2 N–H and O–H groups in total. The van der Waals surface area contributed by atoms with Crippen LogP contribution in [0.25, 0.3) is 0 Å². The molecule has 0 aliphatic carbocycles. The van der Waals surface area contributed by atoms with E-state index in [2.05, 4.69) is 4.90 Å². The van der Waals surface area contributed by atoms with Gasteiger partial charge in [0.05, 0.1) is 18.3 Å². The Kier molecular flexibility index (Phi) is 12.5. The van der Waals surface area contributed by atoms with Crippen molar-refractivity contribution in [1.82, 2.24) is 0 Å². The molecular weight excluding hydrogens is 613 g/mol. The van der Waals surface area contributed by atoms with Gasteiger partial charge in [-0.3, -0.25) is 0 Å². The van der Waals surface area contributed by atoms with Crippen LogP contribution in [0.2, 0.25) is 0 Å². The molecule has 1 atom stereocenters. The highest BCUT2D eigenvalue weighted by atomic mass is 32.2. The van der Waals surface area contributed by atoms with Crippen molar-refractivity contribution in [1.29, 1.82) is 0 Å². The molecule has 45 heavy (non-hydrogen) atoms. The standard InChI is InChI=1S/C34H40F5NO4S/c35-33(36,34(37,38)39)18-9-21-45-20-7-5-3-1-2-4-6-19-43-29-11-8-10-26(22-29)40-30-17-16-28(42)23-32(30)44-24-31(40)25-12-14-27(41)15-13-25/h8,10-17,22-23,31,41-42H,1-7,9,18-21,24H2/t31-/m0/s1. The summed E-state index contributed by atoms with van der Waals surface area (Å²) in [5.74, 6) is -1.85. The van der Waals surface area contributed by atoms with Gasteiger partial charge >= 0.3 is 12.1 Å². The smallest absolute Gasteiger partial charge is 0.453 e. The number of anilines is 2. The van der Waals surface area contributed by atoms with Crippen molar-refractivity contribution in [2.75, 3.05) is 29.6 Å². The zero-order valence-corrected chi connectivity index (χ0v) is 25.9. The molecule has 5 nitrogen and oxygen atoms in total. The zero-order chi connectivity index (χ0) is 32.3. The molecule has 1 heterocycles. The maximum atomic E-state index is 12.9. The summed E-state index contributed by atoms with van der Waals surface area (Å²) >= 11 is 1.44. The summed E-state index contributed by atoms with van der Waals surface area (Å²) in [4.78, 5) is 2.16. The van der Waals surface area contributed by atoms with Crippen molar-refractivity contribution >= 4 is 23.1 Å². The number of benzene rings is 3. The molecule has 4 rings (SSSR count). The third-order valence-corrected chi connectivity index (χ3v) is 8.84. The molecule has 1 aliphatic rings. The van der Waals surface area contributed by atoms with Gasteiger partial charge in [0.2, 0.25) is 0 Å². The highest BCUT2D eigenvalue weighted by Crippen LogP contribution is 2.46. The second-order valence-corrected chi connectivity index (χ2v) is 12.4. The van der Waals surface area contributed by atoms with Crippen LogP contribution in [0.1, 0.15) is 69.4 Å². The number of halogens is 5. The van der Waals surface area contributed by atoms with E-state index in [9.17, 15) is 32.2 Å². The summed E-state index contributed by atoms with van der Waals surface area (Å²) in [5.41, 5.74) is 2.71. The molecule has 0 saturated carbocycles. The minimum Gasteiger partial charge on any atom is -0.508 e. The first kappa shape index (κ1) is 34.5. The third-order valence-electron chi connectivity index (χ3n) is 7.68. The molecule has 0 bridgehead atoms. The number of hydrogen-bond acceptors (Lipinski definition) is 6. The minimum atomic E-state index is -5.46. The predicted octanol–water partition coefficient (Wildman–Crippen LogP) is 10.2. The van der Waals surface area contributed by atoms with Crippen molar-refractivity contribution in [2.45, 2.75) is 75.9 Å². The SMILES string of the molecule is Oc1ccc([C@@H]2COc3cc(O)ccc3N2c2cccc(OCCCCCCCCCSCCCC(F)(F)C(F)(F)F)c2)cc1. The van der Waals surface area contributed by atoms with Crippen LogP contribution in [0.4, 0.5) is 33.3 Å². The molecule has 1 aliphatic heterocycles. The van der Waals surface area contributed by atoms with E-state index < -0.39 is 18.5 Å². The lowest BCUT2D eigenvalue weighted by Crippen LogP contribution is -2.36. The Bertz CT molecular complexity index is 1340. The number of fused-ring (bicyclic) bond motifs is 1. The van der Waals surface area contributed by atoms with Crippen LogP contribution in [0.3, 0.4) is 0 Å². The molecule has 0 amide bonds. The number of aromatic hydroxyl groups is 2. The number of alkyl halides is 5. The lowest BCUT2D eigenvalue weighted by Gasteiger charge is -2.39. The molecule has 0 saturated heterocycles. The quantitative estimate of drug-likeness (QED) is 0.112. The number of phenolic OH excluding ortho intramolecular Hbond substituents is 2. The van der Waals surface area contributed by atoms with Gasteiger partial charge in [-0.1, -0.05) is 50.3 Å². The molecule has 0 spiro atoms. The topological polar surface area (TPSA) is 62.2 Å². The van der Waals surface area contributed by atoms with Crippen LogP contribution >= 0.6 is 11.8 Å². The summed E-state index contributed by atoms with van der Waals surface area (Å²) < 4.78 is 74.4. The van der Waals surface area contributed by atoms with E-state index in [-0.39, 0.29) is 24.0 Å². The molecule has 3 aromatic rings. The molecule has 11 heteroatoms. The maximum Gasteiger partial charge on any atom is 0.453 e. The van der Waals surface area contributed by atoms with Gasteiger partial charge in [-0.25, -0.2) is 0 Å². The van der Waals surface area contributed by atoms with Gasteiger partial charge in [-0.2, -0.15) is 33.7 Å². The molecule has 0 radical (unpaired) electrons. The maximum absolute atomic E-state index is 12.9. The first-order chi connectivity index (χ1) is 21.5. The van der Waals surface area contributed by atoms with Crippen molar-refractivity contribution < 1.29 is 41.6 Å². The number of thioether (sulfide) groups is 1. The van der Waals surface area contributed by atoms with Crippen LogP contribution in [-0.2, 0) is 0 Å². The number of hydrogen-bond donors (Lipinski definition) is 2. The van der Waals surface area contributed by atoms with Gasteiger partial charge in [0.25, 0.3) is 0 Å². The second kappa shape index (κ2) is 16.3. The summed E-state index contributed by atoms with van der Waals surface area (Å²) in [7, 11) is 0. The Morgan fingerprint density at radius 3 is 2.18 bits per heavy atom. The number of rotatable bonds is 17. The van der Waals surface area contributed by atoms with Crippen LogP contribution < -0.4 is 14.4 Å². The average molecular weight is 654 g/mol. The third kappa shape index (κ3) is 10.1. The highest BCUT2D eigenvalue weighted by Gasteiger charge is 2.56. The number of unbranched alkanes of at least 4 members (excludes halogenated alkanes) is 6. The van der Waals surface area contributed by atoms with Gasteiger partial charge in [0.1, 0.15) is 29.6 Å². The molecule has 0 fully saturated rings. The summed E-state index contributed by atoms with van der Waals surface area (Å²) in [6.45, 7) is 0.945. The lowest BCUT2D eigenvalue weighted by molar-refractivity contribution is -0.284. The first-order valence-electron chi connectivity index (χ1n) is 15.3. The van der Waals surface area contributed by atoms with E-state index in [1.807, 2.05) is 42.5 Å². The largest absolute Gasteiger partial charge is 0.508 e. The summed E-state index contributed by atoms with van der Waals surface area (Å²) in [5, 5.41) is 19.8. The Morgan fingerprint density at radius 2 is 1.44 bits per heavy atom. The fraction of sp³-hybridized carbons (Fsp3) is 0.471. The Balaban J connectivity index is 1.16. The highest BCUT2D eigenvalue weighted by molar-refractivity contribution is 7.99. The predicted molar refractivity (Wildman–Crippen MR) is 168 cm³/mol. The van der Waals surface area contributed by atoms with E-state index in [1.54, 1.807) is 24.3 Å². The van der Waals surface area contributed by atoms with Gasteiger partial charge in [0.15, 0.2) is 0 Å². The van der Waals surface area contributed by atoms with Crippen molar-refractivity contribution in [2.24, 2.45) is 0 Å². The van der Waals surface area contributed by atoms with Crippen LogP contribution in [0, 0.1) is 0 Å². The van der Waals surface area contributed by atoms with E-state index >= 15 is 0 Å². The molecular formula is C34H40F5NO4S. The van der Waals surface area contributed by atoms with E-state index in [4.69, 9.17) is 9.47 Å². The van der Waals surface area contributed by atoms with Gasteiger partial charge in [-0.15, -0.1) is 0 Å². The Morgan fingerprint density at radius 1 is 0.778 bits per heavy atom. The first-order valence-corrected chi connectivity index (χ1v) is 16.5. The van der Waals surface area contributed by atoms with Crippen molar-refractivity contribution in [3.63, 3.8) is 0 Å². The summed E-state index contributed by atoms with van der Waals surface area (Å²) in [6, 6.07) is 19.8. The summed E-state index contributed by atoms with van der Waals surface area (Å²) in [6.07, 6.45) is 0.383. The lowest BCUT2D eigenvalue weighted by atomic mass is 10.0. The monoisotopic (exact) mass is 653 g/mol.